The van der Waals surface area contributed by atoms with Crippen LogP contribution in [-0.2, 0) is 19.0 Å². The third-order valence-corrected chi connectivity index (χ3v) is 8.74. The first-order chi connectivity index (χ1) is 27.5. The van der Waals surface area contributed by atoms with Crippen LogP contribution >= 0.6 is 11.6 Å². The molecule has 0 unspecified atom stereocenters. The minimum absolute atomic E-state index is 0. The maximum atomic E-state index is 11.5. The van der Waals surface area contributed by atoms with Gasteiger partial charge in [-0.1, -0.05) is 168 Å². The summed E-state index contributed by atoms with van der Waals surface area (Å²) in [5.41, 5.74) is 0. The first-order valence-electron chi connectivity index (χ1n) is 21.9. The number of nitrogens with zero attached hydrogens (tertiary/aromatic N) is 1. The van der Waals surface area contributed by atoms with Gasteiger partial charge in [0.05, 0.1) is 47.0 Å². The number of urea groups is 1. The molecule has 58 heavy (non-hydrogen) atoms. The number of amides is 6. The Morgan fingerprint density at radius 3 is 1.07 bits per heavy atom. The molecule has 0 atom stereocenters. The van der Waals surface area contributed by atoms with Crippen LogP contribution in [0.2, 0.25) is 0 Å². The number of nitrogens with one attached hydrogen (secondary N) is 4. The van der Waals surface area contributed by atoms with Crippen molar-refractivity contribution >= 4 is 47.4 Å². The largest absolute Gasteiger partial charge is 1.00 e. The van der Waals surface area contributed by atoms with E-state index in [-0.39, 0.29) is 12.4 Å². The zero-order valence-corrected chi connectivity index (χ0v) is 38.3. The lowest BCUT2D eigenvalue weighted by atomic mass is 10.1. The standard InChI is InChI=1S/C22H43NO4.C18H37N3O3.C2ClNO2.ClH/c1-3-5-7-9-11-12-13-14-16-18-20-27-22(25)23-21(24)26-19-17-15-10-8-6-4-2;1-4-5-6-7-8-9-10-11-12-13-16-24-18(23)20-17(22)19-14-15-21(2)3;3-2(6)4-1-5;/h3-20H2,1-2H3,(H,23,24,25);4-16H2,1-3H3,(H2,19,20,22,23);;1H. The number of halogens is 2. The first kappa shape index (κ1) is 61.7. The van der Waals surface area contributed by atoms with Crippen molar-refractivity contribution in [2.45, 2.75) is 188 Å². The highest BCUT2D eigenvalue weighted by Crippen LogP contribution is 2.12. The van der Waals surface area contributed by atoms with Crippen LogP contribution < -0.4 is 33.3 Å². The summed E-state index contributed by atoms with van der Waals surface area (Å²) < 4.78 is 15.0. The number of quaternary nitrogens is 1. The van der Waals surface area contributed by atoms with Crippen LogP contribution in [0.5, 0.6) is 0 Å². The number of carbonyl (C=O) groups excluding carboxylic acids is 6. The second-order valence-corrected chi connectivity index (χ2v) is 14.8. The van der Waals surface area contributed by atoms with Crippen LogP contribution in [0.3, 0.4) is 0 Å². The average molecular weight is 871 g/mol. The predicted octanol–water partition coefficient (Wildman–Crippen LogP) is 7.30. The average Bonchev–Trinajstić information content (AvgIpc) is 3.16. The summed E-state index contributed by atoms with van der Waals surface area (Å²) in [6.07, 6.45) is 30.4. The lowest BCUT2D eigenvalue weighted by molar-refractivity contribution is -0.856. The molecule has 0 radical (unpaired) electrons. The molecule has 0 bridgehead atoms. The highest BCUT2D eigenvalue weighted by atomic mass is 35.5. The molecular weight excluding hydrogens is 789 g/mol. The van der Waals surface area contributed by atoms with Gasteiger partial charge in [0, 0.05) is 0 Å². The number of imide groups is 2. The minimum Gasteiger partial charge on any atom is -1.00 e. The molecule has 0 rings (SSSR count). The molecule has 0 spiro atoms. The van der Waals surface area contributed by atoms with Gasteiger partial charge in [-0.25, -0.2) is 34.6 Å². The fraction of sp³-hybridized carbons (Fsp3) is 0.857. The van der Waals surface area contributed by atoms with Crippen molar-refractivity contribution in [3.8, 4) is 0 Å². The summed E-state index contributed by atoms with van der Waals surface area (Å²) in [4.78, 5) is 67.8. The summed E-state index contributed by atoms with van der Waals surface area (Å²) in [6, 6.07) is -0.496. The molecular formula is C42H81Cl2N5O9. The minimum atomic E-state index is -1.04. The molecule has 0 aromatic heterocycles. The van der Waals surface area contributed by atoms with Gasteiger partial charge in [-0.05, 0) is 30.9 Å². The normalized spacial score (nSPS) is 9.98. The van der Waals surface area contributed by atoms with E-state index in [1.807, 2.05) is 14.1 Å². The maximum absolute atomic E-state index is 11.5. The molecule has 4 N–H and O–H groups in total. The van der Waals surface area contributed by atoms with E-state index < -0.39 is 29.7 Å². The van der Waals surface area contributed by atoms with E-state index in [1.54, 1.807) is 0 Å². The Morgan fingerprint density at radius 1 is 0.517 bits per heavy atom. The molecule has 16 heteroatoms. The van der Waals surface area contributed by atoms with Gasteiger partial charge in [-0.15, -0.1) is 4.99 Å². The number of ether oxygens (including phenoxy) is 3. The summed E-state index contributed by atoms with van der Waals surface area (Å²) in [6.45, 7) is 9.07. The predicted molar refractivity (Wildman–Crippen MR) is 228 cm³/mol. The first-order valence-corrected chi connectivity index (χ1v) is 22.3. The van der Waals surface area contributed by atoms with Crippen molar-refractivity contribution < 1.29 is 60.3 Å². The Balaban J connectivity index is -0.000000435. The van der Waals surface area contributed by atoms with E-state index in [1.165, 1.54) is 133 Å². The molecule has 0 aromatic carbocycles. The van der Waals surface area contributed by atoms with Crippen molar-refractivity contribution in [3.63, 3.8) is 0 Å². The van der Waals surface area contributed by atoms with E-state index in [2.05, 4.69) is 53.3 Å². The molecule has 0 fully saturated rings. The molecule has 0 heterocycles. The topological polar surface area (TPSA) is 183 Å². The molecule has 0 aliphatic rings. The second kappa shape index (κ2) is 52.1. The number of alkyl carbamates (subject to hydrolysis) is 3. The fourth-order valence-electron chi connectivity index (χ4n) is 5.35. The zero-order valence-electron chi connectivity index (χ0n) is 36.8. The van der Waals surface area contributed by atoms with Crippen molar-refractivity contribution in [2.75, 3.05) is 47.0 Å². The fourth-order valence-corrected chi connectivity index (χ4v) is 5.38. The molecule has 0 saturated carbocycles. The highest BCUT2D eigenvalue weighted by Gasteiger charge is 2.10. The number of likely N-dealkylation sites (N-methyl/N-ethyl adjacent to an activating group) is 1. The summed E-state index contributed by atoms with van der Waals surface area (Å²) >= 11 is 4.51. The number of carbonyl (C=O) groups is 5. The van der Waals surface area contributed by atoms with E-state index in [9.17, 15) is 24.0 Å². The number of rotatable bonds is 32. The molecule has 14 nitrogen and oxygen atoms in total. The van der Waals surface area contributed by atoms with Crippen LogP contribution in [0.25, 0.3) is 0 Å². The number of unbranched alkanes of at least 4 members (excludes halogenated alkanes) is 23. The monoisotopic (exact) mass is 870 g/mol. The van der Waals surface area contributed by atoms with Gasteiger partial charge in [-0.2, -0.15) is 0 Å². The van der Waals surface area contributed by atoms with Crippen LogP contribution in [0, 0.1) is 0 Å². The lowest BCUT2D eigenvalue weighted by Gasteiger charge is -2.09. The molecule has 0 aromatic rings. The second-order valence-electron chi connectivity index (χ2n) is 14.5. The van der Waals surface area contributed by atoms with Crippen LogP contribution in [0.4, 0.5) is 24.0 Å². The Morgan fingerprint density at radius 2 is 0.810 bits per heavy atom. The summed E-state index contributed by atoms with van der Waals surface area (Å²) in [5, 5.41) is 5.85. The van der Waals surface area contributed by atoms with E-state index in [0.29, 0.717) is 26.4 Å². The van der Waals surface area contributed by atoms with Gasteiger partial charge in [0.2, 0.25) is 6.08 Å². The quantitative estimate of drug-likeness (QED) is 0.0135. The number of aliphatic imine (C=N–C) groups is 1. The number of hydrogen-bond donors (Lipinski definition) is 4. The molecule has 6 amide bonds. The molecule has 342 valence electrons. The van der Waals surface area contributed by atoms with Crippen LogP contribution in [0.1, 0.15) is 188 Å². The Hall–Kier alpha value is -2.93. The summed E-state index contributed by atoms with van der Waals surface area (Å²) in [5.74, 6) is 0. The SMILES string of the molecule is CCCCCCCCCCCCOC(=O)NC(=O)NCC[NH+](C)C.CCCCCCCCCCCCOC(=O)NC(=O)OCCCCCCCC.O=C=NC(=O)Cl.[Cl-]. The van der Waals surface area contributed by atoms with Gasteiger partial charge in [0.15, 0.2) is 0 Å². The van der Waals surface area contributed by atoms with Crippen molar-refractivity contribution in [3.05, 3.63) is 0 Å². The summed E-state index contributed by atoms with van der Waals surface area (Å²) in [7, 11) is 4.00. The van der Waals surface area contributed by atoms with Gasteiger partial charge in [0.25, 0.3) is 0 Å². The van der Waals surface area contributed by atoms with Gasteiger partial charge in [-0.3, -0.25) is 4.79 Å². The zero-order chi connectivity index (χ0) is 43.0. The van der Waals surface area contributed by atoms with Crippen molar-refractivity contribution in [2.24, 2.45) is 4.99 Å². The van der Waals surface area contributed by atoms with E-state index >= 15 is 0 Å². The van der Waals surface area contributed by atoms with E-state index in [4.69, 9.17) is 19.0 Å². The Labute approximate surface area is 362 Å². The van der Waals surface area contributed by atoms with Gasteiger partial charge >= 0.3 is 29.7 Å². The smallest absolute Gasteiger partial charge is 0.416 e. The molecule has 0 aliphatic heterocycles. The van der Waals surface area contributed by atoms with E-state index in [0.717, 1.165) is 51.1 Å². The van der Waals surface area contributed by atoms with Crippen molar-refractivity contribution in [1.82, 2.24) is 16.0 Å². The number of hydrogen-bond acceptors (Lipinski definition) is 9. The third kappa shape index (κ3) is 59.8. The molecule has 0 saturated heterocycles. The van der Waals surface area contributed by atoms with Crippen LogP contribution in [0.15, 0.2) is 4.99 Å². The number of isocyanates is 1. The molecule has 0 aliphatic carbocycles. The van der Waals surface area contributed by atoms with Crippen molar-refractivity contribution in [1.29, 1.82) is 0 Å². The third-order valence-electron chi connectivity index (χ3n) is 8.66. The van der Waals surface area contributed by atoms with Gasteiger partial charge < -0.3 is 36.8 Å². The Bertz CT molecular complexity index is 1020. The highest BCUT2D eigenvalue weighted by molar-refractivity contribution is 6.63. The van der Waals surface area contributed by atoms with Gasteiger partial charge in [0.1, 0.15) is 0 Å². The Kier molecular flexibility index (Phi) is 55.4. The maximum Gasteiger partial charge on any atom is 0.416 e. The van der Waals surface area contributed by atoms with Crippen LogP contribution in [-0.4, -0.2) is 82.8 Å². The lowest BCUT2D eigenvalue weighted by Crippen LogP contribution is -3.06.